The van der Waals surface area contributed by atoms with Crippen molar-refractivity contribution < 1.29 is 8.83 Å². The zero-order valence-corrected chi connectivity index (χ0v) is 30.0. The number of furan rings is 2. The molecule has 0 unspecified atom stereocenters. The van der Waals surface area contributed by atoms with Gasteiger partial charge in [0.15, 0.2) is 17.5 Å². The van der Waals surface area contributed by atoms with E-state index in [1.165, 1.54) is 25.6 Å². The van der Waals surface area contributed by atoms with Crippen LogP contribution >= 0.6 is 11.3 Å². The molecule has 8 aromatic carbocycles. The van der Waals surface area contributed by atoms with Crippen molar-refractivity contribution in [2.45, 2.75) is 0 Å². The minimum absolute atomic E-state index is 0.557. The van der Waals surface area contributed by atoms with Gasteiger partial charge in [0.2, 0.25) is 0 Å². The normalized spacial score (nSPS) is 12.0. The van der Waals surface area contributed by atoms with E-state index in [0.29, 0.717) is 17.5 Å². The Morgan fingerprint density at radius 1 is 0.364 bits per heavy atom. The Bertz CT molecular complexity index is 3520. The highest BCUT2D eigenvalue weighted by atomic mass is 32.1. The van der Waals surface area contributed by atoms with Gasteiger partial charge >= 0.3 is 0 Å². The number of hydrogen-bond acceptors (Lipinski definition) is 6. The molecule has 4 heterocycles. The second-order valence-corrected chi connectivity index (χ2v) is 15.0. The first-order valence-electron chi connectivity index (χ1n) is 18.3. The van der Waals surface area contributed by atoms with E-state index in [1.54, 1.807) is 11.3 Å². The molecule has 0 bridgehead atoms. The Balaban J connectivity index is 1.07. The standard InChI is InChI=1S/C49H27N3O2S/c1-2-10-29-25-31(20-19-28(29)9-1)47-50-48(32-21-23-36-35-12-4-6-18-43(35)55-44(36)27-32)52-49(51-47)38-15-7-14-37-45-33(13-8-17-42(45)54-46(37)38)30-22-24-41-39(26-30)34-11-3-5-16-40(34)53-41/h1-27H. The van der Waals surface area contributed by atoms with Gasteiger partial charge in [0.1, 0.15) is 22.3 Å². The smallest absolute Gasteiger partial charge is 0.167 e. The maximum absolute atomic E-state index is 6.77. The number of hydrogen-bond donors (Lipinski definition) is 0. The van der Waals surface area contributed by atoms with Crippen LogP contribution in [0.5, 0.6) is 0 Å². The van der Waals surface area contributed by atoms with Gasteiger partial charge < -0.3 is 8.83 Å². The van der Waals surface area contributed by atoms with Crippen molar-refractivity contribution in [3.63, 3.8) is 0 Å². The molecular weight excluding hydrogens is 695 g/mol. The van der Waals surface area contributed by atoms with Crippen LogP contribution in [0.15, 0.2) is 173 Å². The Morgan fingerprint density at radius 3 is 1.95 bits per heavy atom. The quantitative estimate of drug-likeness (QED) is 0.181. The van der Waals surface area contributed by atoms with Gasteiger partial charge in [0.25, 0.3) is 0 Å². The van der Waals surface area contributed by atoms with Gasteiger partial charge in [-0.25, -0.2) is 15.0 Å². The first-order valence-corrected chi connectivity index (χ1v) is 19.1. The number of thiophene rings is 1. The number of fused-ring (bicyclic) bond motifs is 10. The molecule has 0 spiro atoms. The lowest BCUT2D eigenvalue weighted by Gasteiger charge is -2.10. The van der Waals surface area contributed by atoms with Crippen LogP contribution in [0.2, 0.25) is 0 Å². The summed E-state index contributed by atoms with van der Waals surface area (Å²) < 4.78 is 15.4. The van der Waals surface area contributed by atoms with Crippen molar-refractivity contribution in [3.8, 4) is 45.3 Å². The molecule has 256 valence electrons. The molecule has 0 aliphatic carbocycles. The van der Waals surface area contributed by atoms with Gasteiger partial charge in [-0.05, 0) is 70.4 Å². The second kappa shape index (κ2) is 11.7. The van der Waals surface area contributed by atoms with Crippen LogP contribution in [0.25, 0.3) is 120 Å². The molecule has 0 aliphatic rings. The zero-order chi connectivity index (χ0) is 36.0. The molecule has 0 saturated carbocycles. The fraction of sp³-hybridized carbons (Fsp3) is 0. The summed E-state index contributed by atoms with van der Waals surface area (Å²) in [5, 5.41) is 9.03. The first-order chi connectivity index (χ1) is 27.2. The zero-order valence-electron chi connectivity index (χ0n) is 29.2. The maximum Gasteiger partial charge on any atom is 0.167 e. The Kier molecular flexibility index (Phi) is 6.44. The number of aromatic nitrogens is 3. The van der Waals surface area contributed by atoms with E-state index in [-0.39, 0.29) is 0 Å². The lowest BCUT2D eigenvalue weighted by atomic mass is 9.97. The molecule has 6 heteroatoms. The lowest BCUT2D eigenvalue weighted by molar-refractivity contribution is 0.669. The predicted octanol–water partition coefficient (Wildman–Crippen LogP) is 13.9. The maximum atomic E-state index is 6.77. The Morgan fingerprint density at radius 2 is 1.02 bits per heavy atom. The third kappa shape index (κ3) is 4.75. The molecule has 4 aromatic heterocycles. The molecule has 0 amide bonds. The molecule has 0 saturated heterocycles. The molecule has 0 atom stereocenters. The van der Waals surface area contributed by atoms with Crippen molar-refractivity contribution in [1.29, 1.82) is 0 Å². The number of para-hydroxylation sites is 2. The summed E-state index contributed by atoms with van der Waals surface area (Å²) >= 11 is 1.79. The van der Waals surface area contributed by atoms with Crippen molar-refractivity contribution in [3.05, 3.63) is 164 Å². The van der Waals surface area contributed by atoms with Crippen LogP contribution in [0.3, 0.4) is 0 Å². The van der Waals surface area contributed by atoms with Crippen molar-refractivity contribution in [1.82, 2.24) is 15.0 Å². The minimum Gasteiger partial charge on any atom is -0.456 e. The van der Waals surface area contributed by atoms with E-state index in [0.717, 1.165) is 77.1 Å². The van der Waals surface area contributed by atoms with Gasteiger partial charge in [-0.3, -0.25) is 0 Å². The third-order valence-corrected chi connectivity index (χ3v) is 11.9. The van der Waals surface area contributed by atoms with Gasteiger partial charge in [0.05, 0.1) is 5.56 Å². The van der Waals surface area contributed by atoms with E-state index in [2.05, 4.69) is 140 Å². The Labute approximate surface area is 317 Å². The molecule has 0 N–H and O–H groups in total. The van der Waals surface area contributed by atoms with E-state index >= 15 is 0 Å². The summed E-state index contributed by atoms with van der Waals surface area (Å²) in [6.07, 6.45) is 0. The minimum atomic E-state index is 0.557. The van der Waals surface area contributed by atoms with E-state index in [9.17, 15) is 0 Å². The summed E-state index contributed by atoms with van der Waals surface area (Å²) in [6, 6.07) is 56.9. The summed E-state index contributed by atoms with van der Waals surface area (Å²) in [5.41, 5.74) is 8.15. The fourth-order valence-electron chi connectivity index (χ4n) is 8.11. The fourth-order valence-corrected chi connectivity index (χ4v) is 9.25. The SMILES string of the molecule is c1ccc2cc(-c3nc(-c4ccc5c(c4)sc4ccccc45)nc(-c4cccc5c4oc4cccc(-c6ccc7oc8ccccc8c7c6)c45)n3)ccc2c1. The molecule has 55 heavy (non-hydrogen) atoms. The molecular formula is C49H27N3O2S. The second-order valence-electron chi connectivity index (χ2n) is 13.9. The van der Waals surface area contributed by atoms with Crippen molar-refractivity contribution >= 4 is 86.2 Å². The highest BCUT2D eigenvalue weighted by Crippen LogP contribution is 2.42. The van der Waals surface area contributed by atoms with Crippen LogP contribution in [0.1, 0.15) is 0 Å². The summed E-state index contributed by atoms with van der Waals surface area (Å²) in [7, 11) is 0. The van der Waals surface area contributed by atoms with Crippen LogP contribution in [-0.2, 0) is 0 Å². The molecule has 0 aliphatic heterocycles. The molecule has 12 rings (SSSR count). The highest BCUT2D eigenvalue weighted by molar-refractivity contribution is 7.25. The van der Waals surface area contributed by atoms with Gasteiger partial charge in [-0.2, -0.15) is 0 Å². The lowest BCUT2D eigenvalue weighted by Crippen LogP contribution is -2.00. The topological polar surface area (TPSA) is 65.0 Å². The van der Waals surface area contributed by atoms with Crippen LogP contribution in [0, 0.1) is 0 Å². The summed E-state index contributed by atoms with van der Waals surface area (Å²) in [6.45, 7) is 0. The first kappa shape index (κ1) is 30.3. The molecule has 12 aromatic rings. The monoisotopic (exact) mass is 721 g/mol. The Hall–Kier alpha value is -7.15. The van der Waals surface area contributed by atoms with Crippen LogP contribution in [0.4, 0.5) is 0 Å². The average molecular weight is 722 g/mol. The van der Waals surface area contributed by atoms with E-state index in [4.69, 9.17) is 23.8 Å². The average Bonchev–Trinajstić information content (AvgIpc) is 3.94. The van der Waals surface area contributed by atoms with Gasteiger partial charge in [-0.1, -0.05) is 115 Å². The van der Waals surface area contributed by atoms with Crippen molar-refractivity contribution in [2.75, 3.05) is 0 Å². The van der Waals surface area contributed by atoms with E-state index in [1.807, 2.05) is 24.3 Å². The van der Waals surface area contributed by atoms with E-state index < -0.39 is 0 Å². The highest BCUT2D eigenvalue weighted by Gasteiger charge is 2.21. The largest absolute Gasteiger partial charge is 0.456 e. The molecule has 0 fully saturated rings. The molecule has 0 radical (unpaired) electrons. The predicted molar refractivity (Wildman–Crippen MR) is 227 cm³/mol. The van der Waals surface area contributed by atoms with Crippen LogP contribution < -0.4 is 0 Å². The van der Waals surface area contributed by atoms with Crippen LogP contribution in [-0.4, -0.2) is 15.0 Å². The summed E-state index contributed by atoms with van der Waals surface area (Å²) in [5.74, 6) is 1.78. The van der Waals surface area contributed by atoms with Gasteiger partial charge in [-0.15, -0.1) is 11.3 Å². The summed E-state index contributed by atoms with van der Waals surface area (Å²) in [4.78, 5) is 15.5. The van der Waals surface area contributed by atoms with Gasteiger partial charge in [0, 0.05) is 52.8 Å². The van der Waals surface area contributed by atoms with Crippen molar-refractivity contribution in [2.24, 2.45) is 0 Å². The number of benzene rings is 8. The number of nitrogens with zero attached hydrogens (tertiary/aromatic N) is 3. The molecule has 5 nitrogen and oxygen atoms in total. The number of rotatable bonds is 4. The third-order valence-electron chi connectivity index (χ3n) is 10.7.